The van der Waals surface area contributed by atoms with Crippen LogP contribution in [0.5, 0.6) is 0 Å². The van der Waals surface area contributed by atoms with E-state index in [0.29, 0.717) is 50.0 Å². The SMILES string of the molecule is C=C(/C=C\C)CC1CC(CN2CCN(C3CCN(C(=O)c4ccoc4)C3)CC2)CCN1C(=O)c1cc(C(F)(F)F)cc(C(F)(F)F)c1. The second-order valence-electron chi connectivity index (χ2n) is 12.7. The topological polar surface area (TPSA) is 60.2 Å². The van der Waals surface area contributed by atoms with Gasteiger partial charge in [-0.3, -0.25) is 14.5 Å². The molecule has 1 aromatic heterocycles. The van der Waals surface area contributed by atoms with E-state index in [2.05, 4.69) is 16.4 Å². The van der Waals surface area contributed by atoms with Crippen LogP contribution in [0.25, 0.3) is 0 Å². The van der Waals surface area contributed by atoms with Crippen molar-refractivity contribution in [1.82, 2.24) is 19.6 Å². The number of nitrogens with zero attached hydrogens (tertiary/aromatic N) is 4. The molecule has 4 heterocycles. The Labute approximate surface area is 270 Å². The van der Waals surface area contributed by atoms with Crippen LogP contribution in [0.4, 0.5) is 26.3 Å². The number of allylic oxidation sites excluding steroid dienone is 2. The lowest BCUT2D eigenvalue weighted by atomic mass is 9.86. The molecule has 0 aliphatic carbocycles. The summed E-state index contributed by atoms with van der Waals surface area (Å²) in [5, 5.41) is 0. The monoisotopic (exact) mass is 666 g/mol. The number of hydrogen-bond donors (Lipinski definition) is 0. The molecule has 0 spiro atoms. The van der Waals surface area contributed by atoms with Crippen LogP contribution in [-0.4, -0.2) is 95.9 Å². The molecule has 7 nitrogen and oxygen atoms in total. The Morgan fingerprint density at radius 3 is 2.19 bits per heavy atom. The Morgan fingerprint density at radius 1 is 0.915 bits per heavy atom. The average Bonchev–Trinajstić information content (AvgIpc) is 3.74. The van der Waals surface area contributed by atoms with Crippen molar-refractivity contribution >= 4 is 11.8 Å². The average molecular weight is 667 g/mol. The van der Waals surface area contributed by atoms with E-state index in [9.17, 15) is 35.9 Å². The highest BCUT2D eigenvalue weighted by atomic mass is 19.4. The highest BCUT2D eigenvalue weighted by Gasteiger charge is 2.40. The molecule has 13 heteroatoms. The third-order valence-corrected chi connectivity index (χ3v) is 9.48. The number of halogens is 6. The summed E-state index contributed by atoms with van der Waals surface area (Å²) in [4.78, 5) is 34.4. The van der Waals surface area contributed by atoms with Gasteiger partial charge in [0.05, 0.1) is 23.0 Å². The second kappa shape index (κ2) is 14.3. The summed E-state index contributed by atoms with van der Waals surface area (Å²) in [7, 11) is 0. The molecule has 3 unspecified atom stereocenters. The molecule has 47 heavy (non-hydrogen) atoms. The minimum atomic E-state index is -5.04. The molecule has 3 saturated heterocycles. The van der Waals surface area contributed by atoms with Crippen molar-refractivity contribution in [2.45, 2.75) is 57.0 Å². The lowest BCUT2D eigenvalue weighted by Gasteiger charge is -2.43. The normalized spacial score (nSPS) is 23.5. The van der Waals surface area contributed by atoms with E-state index in [4.69, 9.17) is 4.42 Å². The molecule has 5 rings (SSSR count). The first-order chi connectivity index (χ1) is 22.2. The van der Waals surface area contributed by atoms with Crippen molar-refractivity contribution in [2.24, 2.45) is 5.92 Å². The molecular formula is C34H40F6N4O3. The molecule has 0 radical (unpaired) electrons. The summed E-state index contributed by atoms with van der Waals surface area (Å²) in [5.41, 5.74) is -2.36. The van der Waals surface area contributed by atoms with Gasteiger partial charge in [-0.25, -0.2) is 0 Å². The van der Waals surface area contributed by atoms with Gasteiger partial charge in [-0.1, -0.05) is 24.3 Å². The molecule has 2 amide bonds. The van der Waals surface area contributed by atoms with E-state index in [1.165, 1.54) is 17.4 Å². The molecule has 3 aliphatic rings. The van der Waals surface area contributed by atoms with E-state index < -0.39 is 41.0 Å². The van der Waals surface area contributed by atoms with Crippen molar-refractivity contribution in [2.75, 3.05) is 52.4 Å². The lowest BCUT2D eigenvalue weighted by Crippen LogP contribution is -2.53. The third kappa shape index (κ3) is 8.48. The minimum absolute atomic E-state index is 0.0229. The number of hydrogen-bond acceptors (Lipinski definition) is 5. The summed E-state index contributed by atoms with van der Waals surface area (Å²) in [6.45, 7) is 11.6. The van der Waals surface area contributed by atoms with E-state index in [-0.39, 0.29) is 30.5 Å². The zero-order valence-electron chi connectivity index (χ0n) is 26.3. The van der Waals surface area contributed by atoms with Gasteiger partial charge in [-0.2, -0.15) is 26.3 Å². The quantitative estimate of drug-likeness (QED) is 0.235. The Morgan fingerprint density at radius 2 is 1.60 bits per heavy atom. The number of carbonyl (C=O) groups excluding carboxylic acids is 2. The molecule has 0 N–H and O–H groups in total. The number of benzene rings is 1. The number of carbonyl (C=O) groups is 2. The molecule has 2 aromatic rings. The first-order valence-electron chi connectivity index (χ1n) is 15.9. The van der Waals surface area contributed by atoms with Crippen LogP contribution >= 0.6 is 0 Å². The van der Waals surface area contributed by atoms with Gasteiger partial charge in [0.15, 0.2) is 0 Å². The summed E-state index contributed by atoms with van der Waals surface area (Å²) in [6, 6.07) is 2.60. The summed E-state index contributed by atoms with van der Waals surface area (Å²) < 4.78 is 86.2. The predicted octanol–water partition coefficient (Wildman–Crippen LogP) is 6.59. The summed E-state index contributed by atoms with van der Waals surface area (Å²) in [6.07, 6.45) is -1.12. The van der Waals surface area contributed by atoms with Crippen molar-refractivity contribution in [1.29, 1.82) is 0 Å². The molecule has 3 atom stereocenters. The number of likely N-dealkylation sites (tertiary alicyclic amines) is 2. The zero-order valence-corrected chi connectivity index (χ0v) is 26.3. The van der Waals surface area contributed by atoms with Crippen LogP contribution in [-0.2, 0) is 12.4 Å². The van der Waals surface area contributed by atoms with Gasteiger partial charge in [0.1, 0.15) is 6.26 Å². The Hall–Kier alpha value is -3.58. The Balaban J connectivity index is 1.21. The van der Waals surface area contributed by atoms with Gasteiger partial charge in [0, 0.05) is 70.0 Å². The molecule has 3 fully saturated rings. The zero-order chi connectivity index (χ0) is 33.9. The highest BCUT2D eigenvalue weighted by molar-refractivity contribution is 5.95. The number of piperidine rings is 1. The van der Waals surface area contributed by atoms with E-state index >= 15 is 0 Å². The van der Waals surface area contributed by atoms with Crippen LogP contribution in [0.3, 0.4) is 0 Å². The molecule has 0 bridgehead atoms. The fourth-order valence-electron chi connectivity index (χ4n) is 7.08. The third-order valence-electron chi connectivity index (χ3n) is 9.48. The highest BCUT2D eigenvalue weighted by Crippen LogP contribution is 2.37. The van der Waals surface area contributed by atoms with Gasteiger partial charge in [-0.05, 0) is 62.8 Å². The van der Waals surface area contributed by atoms with Crippen LogP contribution in [0, 0.1) is 5.92 Å². The van der Waals surface area contributed by atoms with E-state index in [1.807, 2.05) is 11.8 Å². The number of amides is 2. The van der Waals surface area contributed by atoms with Gasteiger partial charge in [-0.15, -0.1) is 0 Å². The predicted molar refractivity (Wildman–Crippen MR) is 164 cm³/mol. The summed E-state index contributed by atoms with van der Waals surface area (Å²) >= 11 is 0. The maximum atomic E-state index is 13.6. The second-order valence-corrected chi connectivity index (χ2v) is 12.7. The number of furan rings is 1. The number of piperazine rings is 1. The summed E-state index contributed by atoms with van der Waals surface area (Å²) in [5.74, 6) is -0.676. The number of alkyl halides is 6. The van der Waals surface area contributed by atoms with Crippen LogP contribution in [0.15, 0.2) is 65.5 Å². The maximum absolute atomic E-state index is 13.6. The van der Waals surface area contributed by atoms with Gasteiger partial charge in [0.25, 0.3) is 11.8 Å². The lowest BCUT2D eigenvalue weighted by molar-refractivity contribution is -0.143. The first kappa shape index (κ1) is 34.7. The van der Waals surface area contributed by atoms with Gasteiger partial charge >= 0.3 is 12.4 Å². The standard InChI is InChI=1S/C34H40F6N4O3/c1-3-4-23(2)15-30-16-24(5-9-44(30)32(46)26-17-27(33(35,36)37)19-28(18-26)34(38,39)40)20-41-10-12-42(13-11-41)29-6-8-43(21-29)31(45)25-7-14-47-22-25/h3-4,7,14,17-19,22,24,29-30H,2,5-6,8-13,15-16,20-21H2,1H3/b4-3-. The maximum Gasteiger partial charge on any atom is 0.416 e. The van der Waals surface area contributed by atoms with Crippen molar-refractivity contribution < 1.29 is 40.3 Å². The van der Waals surface area contributed by atoms with E-state index in [0.717, 1.165) is 44.7 Å². The first-order valence-corrected chi connectivity index (χ1v) is 15.9. The van der Waals surface area contributed by atoms with Gasteiger partial charge in [0.2, 0.25) is 0 Å². The Bertz CT molecular complexity index is 1410. The fraction of sp³-hybridized carbons (Fsp3) is 0.529. The van der Waals surface area contributed by atoms with Gasteiger partial charge < -0.3 is 19.1 Å². The van der Waals surface area contributed by atoms with Crippen molar-refractivity contribution in [3.05, 3.63) is 83.3 Å². The fourth-order valence-corrected chi connectivity index (χ4v) is 7.08. The Kier molecular flexibility index (Phi) is 10.5. The van der Waals surface area contributed by atoms with E-state index in [1.54, 1.807) is 18.2 Å². The largest absolute Gasteiger partial charge is 0.472 e. The molecule has 1 aromatic carbocycles. The number of rotatable bonds is 8. The van der Waals surface area contributed by atoms with Crippen molar-refractivity contribution in [3.63, 3.8) is 0 Å². The minimum Gasteiger partial charge on any atom is -0.472 e. The molecule has 0 saturated carbocycles. The molecule has 256 valence electrons. The van der Waals surface area contributed by atoms with Crippen LogP contribution in [0.2, 0.25) is 0 Å². The smallest absolute Gasteiger partial charge is 0.416 e. The van der Waals surface area contributed by atoms with Crippen LogP contribution < -0.4 is 0 Å². The molecule has 3 aliphatic heterocycles. The molecular weight excluding hydrogens is 626 g/mol. The van der Waals surface area contributed by atoms with Crippen molar-refractivity contribution in [3.8, 4) is 0 Å². The van der Waals surface area contributed by atoms with Crippen LogP contribution in [0.1, 0.15) is 64.4 Å².